The van der Waals surface area contributed by atoms with Crippen molar-refractivity contribution in [3.63, 3.8) is 0 Å². The number of carbonyl (C=O) groups excluding carboxylic acids is 1. The van der Waals surface area contributed by atoms with E-state index in [9.17, 15) is 9.59 Å². The number of nitrogens with one attached hydrogen (secondary N) is 2. The summed E-state index contributed by atoms with van der Waals surface area (Å²) in [4.78, 5) is 24.1. The Morgan fingerprint density at radius 3 is 2.94 bits per heavy atom. The third-order valence-electron chi connectivity index (χ3n) is 2.69. The van der Waals surface area contributed by atoms with Gasteiger partial charge in [-0.25, -0.2) is 4.79 Å². The fourth-order valence-corrected chi connectivity index (χ4v) is 1.83. The molecule has 1 atom stereocenters. The Morgan fingerprint density at radius 2 is 2.24 bits per heavy atom. The largest absolute Gasteiger partial charge is 0.465 e. The van der Waals surface area contributed by atoms with E-state index in [2.05, 4.69) is 10.6 Å². The van der Waals surface area contributed by atoms with Crippen molar-refractivity contribution in [1.82, 2.24) is 5.32 Å². The van der Waals surface area contributed by atoms with Gasteiger partial charge in [0, 0.05) is 13.6 Å². The Kier molecular flexibility index (Phi) is 2.86. The monoisotopic (exact) mass is 235 g/mol. The molecular formula is C11H13N3O3. The second kappa shape index (κ2) is 4.32. The van der Waals surface area contributed by atoms with Crippen LogP contribution in [0.2, 0.25) is 0 Å². The first-order valence-corrected chi connectivity index (χ1v) is 5.19. The van der Waals surface area contributed by atoms with Crippen LogP contribution in [0.3, 0.4) is 0 Å². The molecule has 1 heterocycles. The number of amides is 2. The Labute approximate surface area is 98.2 Å². The van der Waals surface area contributed by atoms with E-state index < -0.39 is 12.1 Å². The molecule has 1 aromatic carbocycles. The predicted octanol–water partition coefficient (Wildman–Crippen LogP) is 0.711. The summed E-state index contributed by atoms with van der Waals surface area (Å²) in [5.74, 6) is -0.273. The molecule has 0 saturated heterocycles. The van der Waals surface area contributed by atoms with E-state index in [4.69, 9.17) is 5.11 Å². The summed E-state index contributed by atoms with van der Waals surface area (Å²) in [6.45, 7) is 0.243. The van der Waals surface area contributed by atoms with Crippen LogP contribution in [0.4, 0.5) is 16.2 Å². The molecule has 0 unspecified atom stereocenters. The number of hydrogen-bond acceptors (Lipinski definition) is 3. The molecule has 1 aromatic rings. The van der Waals surface area contributed by atoms with Gasteiger partial charge in [0.05, 0.1) is 11.4 Å². The minimum atomic E-state index is -1.20. The minimum absolute atomic E-state index is 0.243. The first-order chi connectivity index (χ1) is 8.09. The number of rotatable bonds is 1. The first kappa shape index (κ1) is 11.3. The molecule has 0 aliphatic carbocycles. The second-order valence-electron chi connectivity index (χ2n) is 3.80. The zero-order valence-corrected chi connectivity index (χ0v) is 9.30. The number of carboxylic acid groups (broad SMARTS) is 1. The summed E-state index contributed by atoms with van der Waals surface area (Å²) in [5.41, 5.74) is 1.56. The number of carbonyl (C=O) groups is 2. The SMILES string of the molecule is CN1C(=O)[C@@H](NC(=O)O)CNc2ccccc21. The third kappa shape index (κ3) is 2.15. The average molecular weight is 235 g/mol. The zero-order valence-electron chi connectivity index (χ0n) is 9.30. The number of anilines is 2. The van der Waals surface area contributed by atoms with E-state index in [0.717, 1.165) is 11.4 Å². The van der Waals surface area contributed by atoms with Crippen LogP contribution in [0.25, 0.3) is 0 Å². The number of para-hydroxylation sites is 2. The van der Waals surface area contributed by atoms with Crippen LogP contribution in [-0.4, -0.2) is 36.7 Å². The van der Waals surface area contributed by atoms with Gasteiger partial charge in [-0.05, 0) is 12.1 Å². The Morgan fingerprint density at radius 1 is 1.53 bits per heavy atom. The molecule has 17 heavy (non-hydrogen) atoms. The standard InChI is InChI=1S/C11H13N3O3/c1-14-9-5-3-2-4-7(9)12-6-8(10(14)15)13-11(16)17/h2-5,8,12-13H,6H2,1H3,(H,16,17)/t8-/m0/s1. The molecule has 0 aromatic heterocycles. The molecule has 0 fully saturated rings. The number of likely N-dealkylation sites (N-methyl/N-ethyl adjacent to an activating group) is 1. The lowest BCUT2D eigenvalue weighted by molar-refractivity contribution is -0.119. The zero-order chi connectivity index (χ0) is 12.4. The molecule has 0 spiro atoms. The summed E-state index contributed by atoms with van der Waals surface area (Å²) in [6, 6.07) is 6.57. The molecule has 1 aliphatic rings. The highest BCUT2D eigenvalue weighted by Gasteiger charge is 2.28. The third-order valence-corrected chi connectivity index (χ3v) is 2.69. The maximum Gasteiger partial charge on any atom is 0.405 e. The van der Waals surface area contributed by atoms with Crippen molar-refractivity contribution in [3.8, 4) is 0 Å². The van der Waals surface area contributed by atoms with Gasteiger partial charge in [-0.15, -0.1) is 0 Å². The van der Waals surface area contributed by atoms with E-state index in [1.54, 1.807) is 7.05 Å². The van der Waals surface area contributed by atoms with Gasteiger partial charge in [0.15, 0.2) is 0 Å². The van der Waals surface area contributed by atoms with Gasteiger partial charge in [0.2, 0.25) is 0 Å². The predicted molar refractivity (Wildman–Crippen MR) is 63.3 cm³/mol. The minimum Gasteiger partial charge on any atom is -0.465 e. The van der Waals surface area contributed by atoms with Gasteiger partial charge in [-0.1, -0.05) is 12.1 Å². The number of benzene rings is 1. The van der Waals surface area contributed by atoms with Crippen molar-refractivity contribution in [2.75, 3.05) is 23.8 Å². The van der Waals surface area contributed by atoms with Gasteiger partial charge in [-0.3, -0.25) is 4.79 Å². The van der Waals surface area contributed by atoms with Crippen LogP contribution in [-0.2, 0) is 4.79 Å². The maximum absolute atomic E-state index is 12.0. The molecule has 1 aliphatic heterocycles. The number of nitrogens with zero attached hydrogens (tertiary/aromatic N) is 1. The molecule has 2 amide bonds. The fraction of sp³-hybridized carbons (Fsp3) is 0.273. The molecule has 6 nitrogen and oxygen atoms in total. The van der Waals surface area contributed by atoms with Gasteiger partial charge in [-0.2, -0.15) is 0 Å². The van der Waals surface area contributed by atoms with Crippen LogP contribution in [0, 0.1) is 0 Å². The van der Waals surface area contributed by atoms with E-state index in [-0.39, 0.29) is 12.5 Å². The van der Waals surface area contributed by atoms with E-state index in [1.165, 1.54) is 4.90 Å². The maximum atomic E-state index is 12.0. The second-order valence-corrected chi connectivity index (χ2v) is 3.80. The highest BCUT2D eigenvalue weighted by atomic mass is 16.4. The summed E-state index contributed by atoms with van der Waals surface area (Å²) in [5, 5.41) is 13.9. The van der Waals surface area contributed by atoms with Crippen molar-refractivity contribution in [2.24, 2.45) is 0 Å². The van der Waals surface area contributed by atoms with Crippen LogP contribution in [0.15, 0.2) is 24.3 Å². The summed E-state index contributed by atoms with van der Waals surface area (Å²) < 4.78 is 0. The van der Waals surface area contributed by atoms with Crippen molar-refractivity contribution in [3.05, 3.63) is 24.3 Å². The number of fused-ring (bicyclic) bond motifs is 1. The Hall–Kier alpha value is -2.24. The van der Waals surface area contributed by atoms with Crippen LogP contribution in [0.5, 0.6) is 0 Å². The smallest absolute Gasteiger partial charge is 0.405 e. The topological polar surface area (TPSA) is 81.7 Å². The molecule has 6 heteroatoms. The quantitative estimate of drug-likeness (QED) is 0.669. The van der Waals surface area contributed by atoms with Crippen molar-refractivity contribution < 1.29 is 14.7 Å². The van der Waals surface area contributed by atoms with Gasteiger partial charge in [0.25, 0.3) is 5.91 Å². The summed E-state index contributed by atoms with van der Waals surface area (Å²) >= 11 is 0. The Bertz CT molecular complexity index is 461. The molecule has 3 N–H and O–H groups in total. The molecule has 2 rings (SSSR count). The van der Waals surface area contributed by atoms with Crippen LogP contribution >= 0.6 is 0 Å². The van der Waals surface area contributed by atoms with E-state index in [0.29, 0.717) is 0 Å². The lowest BCUT2D eigenvalue weighted by Gasteiger charge is -2.20. The van der Waals surface area contributed by atoms with Gasteiger partial charge >= 0.3 is 6.09 Å². The Balaban J connectivity index is 2.29. The molecule has 0 radical (unpaired) electrons. The highest BCUT2D eigenvalue weighted by molar-refractivity contribution is 6.02. The summed E-state index contributed by atoms with van der Waals surface area (Å²) in [6.07, 6.45) is -1.20. The van der Waals surface area contributed by atoms with Crippen molar-refractivity contribution >= 4 is 23.4 Å². The van der Waals surface area contributed by atoms with E-state index in [1.807, 2.05) is 24.3 Å². The fourth-order valence-electron chi connectivity index (χ4n) is 1.83. The summed E-state index contributed by atoms with van der Waals surface area (Å²) in [7, 11) is 1.63. The normalized spacial score (nSPS) is 19.0. The van der Waals surface area contributed by atoms with Crippen LogP contribution in [0.1, 0.15) is 0 Å². The van der Waals surface area contributed by atoms with Crippen LogP contribution < -0.4 is 15.5 Å². The molecular weight excluding hydrogens is 222 g/mol. The number of hydrogen-bond donors (Lipinski definition) is 3. The molecule has 0 saturated carbocycles. The molecule has 90 valence electrons. The van der Waals surface area contributed by atoms with E-state index >= 15 is 0 Å². The lowest BCUT2D eigenvalue weighted by Crippen LogP contribution is -2.49. The van der Waals surface area contributed by atoms with Crippen molar-refractivity contribution in [2.45, 2.75) is 6.04 Å². The average Bonchev–Trinajstić information content (AvgIpc) is 2.42. The molecule has 0 bridgehead atoms. The van der Waals surface area contributed by atoms with Gasteiger partial charge < -0.3 is 20.6 Å². The lowest BCUT2D eigenvalue weighted by atomic mass is 10.2. The van der Waals surface area contributed by atoms with Crippen molar-refractivity contribution in [1.29, 1.82) is 0 Å². The highest BCUT2D eigenvalue weighted by Crippen LogP contribution is 2.27. The first-order valence-electron chi connectivity index (χ1n) is 5.19. The van der Waals surface area contributed by atoms with Gasteiger partial charge in [0.1, 0.15) is 6.04 Å².